The summed E-state index contributed by atoms with van der Waals surface area (Å²) in [4.78, 5) is 10.6. The summed E-state index contributed by atoms with van der Waals surface area (Å²) in [6.07, 6.45) is 0. The molecule has 0 amide bonds. The predicted octanol–water partition coefficient (Wildman–Crippen LogP) is 2.43. The van der Waals surface area contributed by atoms with E-state index in [1.807, 2.05) is 0 Å². The highest BCUT2D eigenvalue weighted by atomic mass is 79.9. The maximum absolute atomic E-state index is 13.4. The lowest BCUT2D eigenvalue weighted by atomic mass is 10.1. The Labute approximate surface area is 88.6 Å². The van der Waals surface area contributed by atoms with Crippen molar-refractivity contribution in [2.45, 2.75) is 6.61 Å². The number of ether oxygens (including phenoxy) is 1. The van der Waals surface area contributed by atoms with Gasteiger partial charge in [0.05, 0.1) is 12.2 Å². The number of methoxy groups -OCH3 is 1. The highest BCUT2D eigenvalue weighted by molar-refractivity contribution is 9.10. The Morgan fingerprint density at radius 1 is 1.64 bits per heavy atom. The van der Waals surface area contributed by atoms with Crippen molar-refractivity contribution in [2.75, 3.05) is 7.11 Å². The minimum absolute atomic E-state index is 0.0472. The van der Waals surface area contributed by atoms with Crippen molar-refractivity contribution in [2.24, 2.45) is 0 Å². The van der Waals surface area contributed by atoms with Crippen molar-refractivity contribution in [1.82, 2.24) is 0 Å². The molecule has 0 spiro atoms. The molecular formula is C9H8BrFO3. The van der Waals surface area contributed by atoms with Crippen LogP contribution in [-0.4, -0.2) is 18.2 Å². The number of carboxylic acid groups (broad SMARTS) is 1. The van der Waals surface area contributed by atoms with Crippen LogP contribution >= 0.6 is 15.9 Å². The molecule has 0 aliphatic heterocycles. The first kappa shape index (κ1) is 11.1. The molecule has 0 atom stereocenters. The van der Waals surface area contributed by atoms with Gasteiger partial charge in [-0.05, 0) is 12.1 Å². The smallest absolute Gasteiger partial charge is 0.338 e. The van der Waals surface area contributed by atoms with E-state index in [0.29, 0.717) is 4.47 Å². The molecule has 1 aromatic rings. The minimum atomic E-state index is -1.29. The topological polar surface area (TPSA) is 46.5 Å². The van der Waals surface area contributed by atoms with E-state index in [0.717, 1.165) is 0 Å². The fourth-order valence-corrected chi connectivity index (χ4v) is 1.57. The van der Waals surface area contributed by atoms with Crippen molar-refractivity contribution >= 4 is 21.9 Å². The number of carboxylic acids is 1. The number of rotatable bonds is 3. The van der Waals surface area contributed by atoms with Crippen LogP contribution in [0.4, 0.5) is 4.39 Å². The summed E-state index contributed by atoms with van der Waals surface area (Å²) in [5, 5.41) is 8.68. The van der Waals surface area contributed by atoms with Crippen LogP contribution in [0.3, 0.4) is 0 Å². The molecular weight excluding hydrogens is 255 g/mol. The maximum atomic E-state index is 13.4. The summed E-state index contributed by atoms with van der Waals surface area (Å²) in [6, 6.07) is 2.71. The average Bonchev–Trinajstić information content (AvgIpc) is 2.10. The molecule has 5 heteroatoms. The molecule has 14 heavy (non-hydrogen) atoms. The lowest BCUT2D eigenvalue weighted by Crippen LogP contribution is -2.04. The molecule has 0 aliphatic rings. The van der Waals surface area contributed by atoms with Crippen LogP contribution in [0.5, 0.6) is 0 Å². The van der Waals surface area contributed by atoms with Crippen LogP contribution in [0.1, 0.15) is 15.9 Å². The van der Waals surface area contributed by atoms with Crippen molar-refractivity contribution in [3.63, 3.8) is 0 Å². The van der Waals surface area contributed by atoms with E-state index in [2.05, 4.69) is 15.9 Å². The lowest BCUT2D eigenvalue weighted by molar-refractivity contribution is 0.0691. The third-order valence-corrected chi connectivity index (χ3v) is 2.10. The van der Waals surface area contributed by atoms with Gasteiger partial charge < -0.3 is 9.84 Å². The summed E-state index contributed by atoms with van der Waals surface area (Å²) in [7, 11) is 1.42. The van der Waals surface area contributed by atoms with Crippen LogP contribution in [0.2, 0.25) is 0 Å². The van der Waals surface area contributed by atoms with E-state index >= 15 is 0 Å². The highest BCUT2D eigenvalue weighted by Gasteiger charge is 2.15. The number of hydrogen-bond acceptors (Lipinski definition) is 2. The van der Waals surface area contributed by atoms with Crippen molar-refractivity contribution in [1.29, 1.82) is 0 Å². The Balaban J connectivity index is 3.24. The van der Waals surface area contributed by atoms with Crippen LogP contribution in [0.15, 0.2) is 16.6 Å². The molecule has 1 rings (SSSR count). The van der Waals surface area contributed by atoms with Gasteiger partial charge in [0.2, 0.25) is 0 Å². The zero-order valence-corrected chi connectivity index (χ0v) is 8.97. The first-order chi connectivity index (χ1) is 6.56. The van der Waals surface area contributed by atoms with E-state index in [-0.39, 0.29) is 17.7 Å². The van der Waals surface area contributed by atoms with Gasteiger partial charge in [0.1, 0.15) is 5.82 Å². The molecule has 76 valence electrons. The first-order valence-electron chi connectivity index (χ1n) is 3.76. The fraction of sp³-hybridized carbons (Fsp3) is 0.222. The molecule has 3 nitrogen and oxygen atoms in total. The minimum Gasteiger partial charge on any atom is -0.478 e. The molecule has 0 aromatic heterocycles. The van der Waals surface area contributed by atoms with Crippen LogP contribution < -0.4 is 0 Å². The molecule has 1 N–H and O–H groups in total. The Hall–Kier alpha value is -0.940. The Bertz CT molecular complexity index is 365. The highest BCUT2D eigenvalue weighted by Crippen LogP contribution is 2.21. The predicted molar refractivity (Wildman–Crippen MR) is 51.8 cm³/mol. The number of benzene rings is 1. The van der Waals surface area contributed by atoms with Gasteiger partial charge in [0, 0.05) is 17.1 Å². The van der Waals surface area contributed by atoms with Gasteiger partial charge >= 0.3 is 5.97 Å². The molecule has 0 radical (unpaired) electrons. The Morgan fingerprint density at radius 2 is 2.29 bits per heavy atom. The first-order valence-corrected chi connectivity index (χ1v) is 4.55. The third kappa shape index (κ3) is 2.30. The summed E-state index contributed by atoms with van der Waals surface area (Å²) in [5.74, 6) is -2.04. The summed E-state index contributed by atoms with van der Waals surface area (Å²) >= 11 is 3.10. The molecule has 0 unspecified atom stereocenters. The molecule has 0 saturated heterocycles. The second kappa shape index (κ2) is 4.52. The van der Waals surface area contributed by atoms with Gasteiger partial charge in [0.25, 0.3) is 0 Å². The van der Waals surface area contributed by atoms with Gasteiger partial charge in [-0.2, -0.15) is 0 Å². The van der Waals surface area contributed by atoms with Crippen molar-refractivity contribution in [3.8, 4) is 0 Å². The molecule has 0 bridgehead atoms. The monoisotopic (exact) mass is 262 g/mol. The summed E-state index contributed by atoms with van der Waals surface area (Å²) in [6.45, 7) is 0.0472. The molecule has 0 saturated carbocycles. The van der Waals surface area contributed by atoms with Crippen molar-refractivity contribution in [3.05, 3.63) is 33.5 Å². The van der Waals surface area contributed by atoms with Gasteiger partial charge in [0.15, 0.2) is 0 Å². The molecule has 0 heterocycles. The van der Waals surface area contributed by atoms with Crippen molar-refractivity contribution < 1.29 is 19.0 Å². The van der Waals surface area contributed by atoms with E-state index in [1.165, 1.54) is 19.2 Å². The van der Waals surface area contributed by atoms with Gasteiger partial charge in [-0.3, -0.25) is 0 Å². The Morgan fingerprint density at radius 3 is 2.79 bits per heavy atom. The molecule has 0 aliphatic carbocycles. The van der Waals surface area contributed by atoms with Gasteiger partial charge in [-0.15, -0.1) is 0 Å². The van der Waals surface area contributed by atoms with Gasteiger partial charge in [-0.1, -0.05) is 15.9 Å². The van der Waals surface area contributed by atoms with E-state index in [1.54, 1.807) is 0 Å². The summed E-state index contributed by atoms with van der Waals surface area (Å²) < 4.78 is 18.7. The number of hydrogen-bond donors (Lipinski definition) is 1. The summed E-state index contributed by atoms with van der Waals surface area (Å²) in [5.41, 5.74) is -0.134. The van der Waals surface area contributed by atoms with Gasteiger partial charge in [-0.25, -0.2) is 9.18 Å². The maximum Gasteiger partial charge on any atom is 0.338 e. The quantitative estimate of drug-likeness (QED) is 0.910. The molecule has 1 aromatic carbocycles. The largest absolute Gasteiger partial charge is 0.478 e. The lowest BCUT2D eigenvalue weighted by Gasteiger charge is -2.05. The van der Waals surface area contributed by atoms with Crippen LogP contribution in [-0.2, 0) is 11.3 Å². The second-order valence-electron chi connectivity index (χ2n) is 2.66. The zero-order valence-electron chi connectivity index (χ0n) is 7.38. The molecule has 0 fully saturated rings. The normalized spacial score (nSPS) is 10.2. The van der Waals surface area contributed by atoms with E-state index in [9.17, 15) is 9.18 Å². The zero-order chi connectivity index (χ0) is 10.7. The number of carbonyl (C=O) groups is 1. The fourth-order valence-electron chi connectivity index (χ4n) is 1.06. The van der Waals surface area contributed by atoms with E-state index < -0.39 is 11.8 Å². The average molecular weight is 263 g/mol. The number of aromatic carboxylic acids is 1. The van der Waals surface area contributed by atoms with Crippen LogP contribution in [0.25, 0.3) is 0 Å². The second-order valence-corrected chi connectivity index (χ2v) is 3.58. The SMILES string of the molecule is COCc1cc(Br)cc(C(=O)O)c1F. The Kier molecular flexibility index (Phi) is 3.60. The standard InChI is InChI=1S/C9H8BrFO3/c1-14-4-5-2-6(10)3-7(8(5)11)9(12)13/h2-3H,4H2,1H3,(H,12,13). The number of halogens is 2. The van der Waals surface area contributed by atoms with E-state index in [4.69, 9.17) is 9.84 Å². The third-order valence-electron chi connectivity index (χ3n) is 1.64. The van der Waals surface area contributed by atoms with Crippen LogP contribution in [0, 0.1) is 5.82 Å².